The lowest BCUT2D eigenvalue weighted by Crippen LogP contribution is -2.24. The van der Waals surface area contributed by atoms with Gasteiger partial charge in [0.15, 0.2) is 34.7 Å². The molecule has 15 atom stereocenters. The first-order valence-electron chi connectivity index (χ1n) is 49.2. The molecule has 0 amide bonds. The molecular weight excluding hydrogens is 1800 g/mol. The highest BCUT2D eigenvalue weighted by Crippen LogP contribution is 2.49. The maximum Gasteiger partial charge on any atom is 0.170 e. The Balaban J connectivity index is 0.000000122. The normalized spacial score (nSPS) is 23.2. The Hall–Kier alpha value is -11.3. The first-order valence-corrected chi connectivity index (χ1v) is 49.2. The molecule has 0 saturated carbocycles. The quantitative estimate of drug-likeness (QED) is 0.0525. The highest BCUT2D eigenvalue weighted by Gasteiger charge is 2.44. The van der Waals surface area contributed by atoms with Gasteiger partial charge in [-0.05, 0) is 344 Å². The van der Waals surface area contributed by atoms with Crippen molar-refractivity contribution in [3.05, 3.63) is 423 Å². The maximum absolute atomic E-state index is 13.8. The van der Waals surface area contributed by atoms with Gasteiger partial charge in [-0.3, -0.25) is 14.4 Å². The van der Waals surface area contributed by atoms with Gasteiger partial charge in [0.05, 0.1) is 94.0 Å². The van der Waals surface area contributed by atoms with E-state index in [4.69, 9.17) is 28.4 Å². The van der Waals surface area contributed by atoms with Crippen LogP contribution in [0.3, 0.4) is 0 Å². The molecule has 6 N–H and O–H groups in total. The minimum Gasteiger partial charge on any atom is -0.394 e. The molecule has 21 rings (SSSR count). The van der Waals surface area contributed by atoms with E-state index in [2.05, 4.69) is 57.2 Å². The van der Waals surface area contributed by atoms with Crippen molar-refractivity contribution in [2.75, 3.05) is 39.6 Å². The van der Waals surface area contributed by atoms with Gasteiger partial charge in [-0.25, -0.2) is 26.3 Å². The topological polar surface area (TPSA) is 228 Å². The molecule has 0 radical (unpaired) electrons. The number of fused-ring (bicyclic) bond motifs is 12. The SMILES string of the molecule is CC1(C)OC[C@@H](C[C@@H]2C(=O)c3cc(F)ccc3Cc3ccccc32)O1.CC1(C)OC[C@@H](C[C@H]2C(=O)c3cc(F)ccc3Cc3ccccc32)O1.CC1(C)OC[C@H](C[C@H]2C(=O)c3cc(F)ccc3Cc3ccccc32)O1.C[C@@H]1c2cc(F)ccc2Cc2ccccc2[C@@H]1C[C@@H](O)CO.C[C@H]1c2cc(F)ccc2Cc2ccccc2[C@H]1C[C@@H](O)CO.C[C@H]1c2cc(F)ccc2Cc2ccccc2[C@H]1C[C@H](O)CO. The third-order valence-electron chi connectivity index (χ3n) is 29.4. The number of ketones is 3. The lowest BCUT2D eigenvalue weighted by atomic mass is 9.79. The number of carbonyl (C=O) groups is 3. The zero-order valence-electron chi connectivity index (χ0n) is 81.3. The van der Waals surface area contributed by atoms with Gasteiger partial charge in [0.2, 0.25) is 0 Å². The van der Waals surface area contributed by atoms with Crippen LogP contribution in [0.25, 0.3) is 0 Å². The fraction of sp³-hybridized carbons (Fsp3) is 0.375. The summed E-state index contributed by atoms with van der Waals surface area (Å²) < 4.78 is 117. The third kappa shape index (κ3) is 24.3. The van der Waals surface area contributed by atoms with Gasteiger partial charge in [0.25, 0.3) is 0 Å². The predicted octanol–water partition coefficient (Wildman–Crippen LogP) is 22.8. The van der Waals surface area contributed by atoms with Gasteiger partial charge in [0.1, 0.15) is 34.9 Å². The standard InChI is InChI=1S/3C21H21FO3.3C19H21FO2/c3*1-21(2)24-12-16(25-21)11-19-17-6-4-3-5-13(17)9-14-7-8-15(22)10-18(14)20(19)23;3*1-12-18-9-15(20)7-6-14(18)8-13-4-2-3-5-17(13)19(12)10-16(22)11-21/h3*3-8,10,16,19H,9,11-12H2,1-2H3;3*2-7,9,12,16,19,21-22H,8,10-11H2,1H3/t2*16-,19+;16-,19-;12-,16+,19-;2*12-,16-,19-/m101010/s1. The molecule has 738 valence electrons. The molecule has 21 heteroatoms. The van der Waals surface area contributed by atoms with Crippen LogP contribution in [0.15, 0.2) is 255 Å². The number of benzene rings is 12. The molecule has 141 heavy (non-hydrogen) atoms. The van der Waals surface area contributed by atoms with Crippen molar-refractivity contribution in [3.8, 4) is 0 Å². The molecule has 3 saturated heterocycles. The number of hydrogen-bond acceptors (Lipinski definition) is 15. The van der Waals surface area contributed by atoms with Crippen molar-refractivity contribution < 1.29 is 99.8 Å². The molecule has 9 aliphatic rings. The van der Waals surface area contributed by atoms with E-state index in [-0.39, 0.29) is 144 Å². The second kappa shape index (κ2) is 44.7. The fourth-order valence-electron chi connectivity index (χ4n) is 22.4. The van der Waals surface area contributed by atoms with Gasteiger partial charge in [0, 0.05) is 16.7 Å². The number of ether oxygens (including phenoxy) is 6. The molecular formula is C120H126F6O15. The molecule has 15 nitrogen and oxygen atoms in total. The summed E-state index contributed by atoms with van der Waals surface area (Å²) in [6.45, 7) is 18.1. The molecule has 3 heterocycles. The Morgan fingerprint density at radius 2 is 0.475 bits per heavy atom. The smallest absolute Gasteiger partial charge is 0.170 e. The van der Waals surface area contributed by atoms with Crippen LogP contribution in [0.4, 0.5) is 26.3 Å². The van der Waals surface area contributed by atoms with E-state index in [9.17, 15) is 71.4 Å². The fourth-order valence-corrected chi connectivity index (χ4v) is 22.4. The minimum absolute atomic E-state index is 0.0345. The Bertz CT molecular complexity index is 5860. The van der Waals surface area contributed by atoms with Crippen LogP contribution in [-0.4, -0.2) is 142 Å². The molecule has 3 fully saturated rings. The summed E-state index contributed by atoms with van der Waals surface area (Å²) in [5.41, 5.74) is 24.2. The molecule has 0 bridgehead atoms. The summed E-state index contributed by atoms with van der Waals surface area (Å²) in [6, 6.07) is 77.0. The predicted molar refractivity (Wildman–Crippen MR) is 530 cm³/mol. The van der Waals surface area contributed by atoms with E-state index >= 15 is 0 Å². The summed E-state index contributed by atoms with van der Waals surface area (Å²) in [6.07, 6.45) is 4.60. The van der Waals surface area contributed by atoms with Gasteiger partial charge >= 0.3 is 0 Å². The Morgan fingerprint density at radius 3 is 0.702 bits per heavy atom. The summed E-state index contributed by atoms with van der Waals surface area (Å²) in [5, 5.41) is 57.4. The van der Waals surface area contributed by atoms with Crippen LogP contribution in [0.2, 0.25) is 0 Å². The van der Waals surface area contributed by atoms with Crippen LogP contribution in [0, 0.1) is 34.9 Å². The van der Waals surface area contributed by atoms with E-state index in [1.54, 1.807) is 36.4 Å². The van der Waals surface area contributed by atoms with Gasteiger partial charge in [-0.1, -0.05) is 203 Å². The van der Waals surface area contributed by atoms with E-state index in [0.29, 0.717) is 94.3 Å². The number of aliphatic hydroxyl groups excluding tert-OH is 6. The van der Waals surface area contributed by atoms with Crippen LogP contribution in [0.5, 0.6) is 0 Å². The second-order valence-electron chi connectivity index (χ2n) is 40.4. The van der Waals surface area contributed by atoms with Crippen molar-refractivity contribution in [1.29, 1.82) is 0 Å². The van der Waals surface area contributed by atoms with Crippen molar-refractivity contribution >= 4 is 17.3 Å². The second-order valence-corrected chi connectivity index (χ2v) is 40.4. The number of carbonyl (C=O) groups excluding carboxylic acids is 3. The molecule has 6 aliphatic carbocycles. The van der Waals surface area contributed by atoms with Crippen molar-refractivity contribution in [2.24, 2.45) is 0 Å². The molecule has 12 aromatic carbocycles. The number of halogens is 6. The van der Waals surface area contributed by atoms with Crippen LogP contribution in [-0.2, 0) is 66.9 Å². The average Bonchev–Trinajstić information content (AvgIpc) is 1.66. The van der Waals surface area contributed by atoms with Crippen LogP contribution >= 0.6 is 0 Å². The first-order chi connectivity index (χ1) is 67.6. The first kappa shape index (κ1) is 103. The largest absolute Gasteiger partial charge is 0.394 e. The lowest BCUT2D eigenvalue weighted by Gasteiger charge is -2.26. The monoisotopic (exact) mass is 1920 g/mol. The molecule has 0 aromatic heterocycles. The number of rotatable bonds is 15. The van der Waals surface area contributed by atoms with E-state index < -0.39 is 35.7 Å². The Morgan fingerprint density at radius 1 is 0.277 bits per heavy atom. The molecule has 12 aromatic rings. The van der Waals surface area contributed by atoms with Crippen molar-refractivity contribution in [1.82, 2.24) is 0 Å². The molecule has 0 spiro atoms. The van der Waals surface area contributed by atoms with E-state index in [1.807, 2.05) is 169 Å². The minimum atomic E-state index is -0.754. The number of Topliss-reactive ketones (excluding diaryl/α,β-unsaturated/α-hetero) is 3. The van der Waals surface area contributed by atoms with E-state index in [0.717, 1.165) is 103 Å². The molecule has 3 aliphatic heterocycles. The zero-order valence-corrected chi connectivity index (χ0v) is 81.3. The van der Waals surface area contributed by atoms with Crippen LogP contribution in [0.1, 0.15) is 302 Å². The number of hydrogen-bond donors (Lipinski definition) is 6. The highest BCUT2D eigenvalue weighted by molar-refractivity contribution is 6.05. The van der Waals surface area contributed by atoms with Gasteiger partial charge < -0.3 is 59.1 Å². The van der Waals surface area contributed by atoms with E-state index in [1.165, 1.54) is 88.0 Å². The van der Waals surface area contributed by atoms with Crippen LogP contribution < -0.4 is 0 Å². The maximum atomic E-state index is 13.8. The number of aliphatic hydroxyl groups is 6. The van der Waals surface area contributed by atoms with Gasteiger partial charge in [-0.15, -0.1) is 0 Å². The summed E-state index contributed by atoms with van der Waals surface area (Å²) in [4.78, 5) is 39.7. The summed E-state index contributed by atoms with van der Waals surface area (Å²) >= 11 is 0. The molecule has 0 unspecified atom stereocenters. The van der Waals surface area contributed by atoms with Crippen molar-refractivity contribution in [2.45, 2.75) is 247 Å². The zero-order chi connectivity index (χ0) is 99.9. The third-order valence-corrected chi connectivity index (χ3v) is 29.4. The highest BCUT2D eigenvalue weighted by atomic mass is 19.1. The Labute approximate surface area is 821 Å². The Kier molecular flexibility index (Phi) is 32.6. The lowest BCUT2D eigenvalue weighted by molar-refractivity contribution is -0.139. The van der Waals surface area contributed by atoms with Crippen molar-refractivity contribution in [3.63, 3.8) is 0 Å². The van der Waals surface area contributed by atoms with Gasteiger partial charge in [-0.2, -0.15) is 0 Å². The summed E-state index contributed by atoms with van der Waals surface area (Å²) in [5.74, 6) is -4.32. The summed E-state index contributed by atoms with van der Waals surface area (Å²) in [7, 11) is 0. The average molecular weight is 1920 g/mol.